The van der Waals surface area contributed by atoms with Crippen LogP contribution in [0.25, 0.3) is 0 Å². The SMILES string of the molecule is Cc1cnc(C(=O)O[C@H](C)C(=O)N[C@@H]2CCC[C@H](C)[C@@H]2C)cn1. The molecule has 1 aliphatic carbocycles. The predicted molar refractivity (Wildman–Crippen MR) is 85.8 cm³/mol. The van der Waals surface area contributed by atoms with E-state index >= 15 is 0 Å². The van der Waals surface area contributed by atoms with E-state index < -0.39 is 12.1 Å². The molecule has 0 spiro atoms. The summed E-state index contributed by atoms with van der Waals surface area (Å²) in [6.07, 6.45) is 5.28. The Labute approximate surface area is 137 Å². The van der Waals surface area contributed by atoms with Crippen LogP contribution in [-0.4, -0.2) is 34.0 Å². The zero-order chi connectivity index (χ0) is 17.0. The average Bonchev–Trinajstić information content (AvgIpc) is 2.52. The largest absolute Gasteiger partial charge is 0.448 e. The first-order chi connectivity index (χ1) is 10.9. The van der Waals surface area contributed by atoms with Gasteiger partial charge in [0.2, 0.25) is 0 Å². The second-order valence-corrected chi connectivity index (χ2v) is 6.47. The Bertz CT molecular complexity index is 559. The van der Waals surface area contributed by atoms with Crippen LogP contribution in [0.2, 0.25) is 0 Å². The molecule has 1 amide bonds. The van der Waals surface area contributed by atoms with Gasteiger partial charge in [-0.15, -0.1) is 0 Å². The van der Waals surface area contributed by atoms with Gasteiger partial charge in [-0.1, -0.05) is 26.7 Å². The van der Waals surface area contributed by atoms with Crippen LogP contribution in [0.1, 0.15) is 56.2 Å². The van der Waals surface area contributed by atoms with Crippen molar-refractivity contribution in [2.75, 3.05) is 0 Å². The Balaban J connectivity index is 1.89. The van der Waals surface area contributed by atoms with Gasteiger partial charge in [0.1, 0.15) is 0 Å². The maximum atomic E-state index is 12.3. The fourth-order valence-electron chi connectivity index (χ4n) is 2.86. The molecule has 0 radical (unpaired) electrons. The Morgan fingerprint density at radius 3 is 2.65 bits per heavy atom. The van der Waals surface area contributed by atoms with E-state index in [2.05, 4.69) is 29.1 Å². The van der Waals surface area contributed by atoms with Crippen molar-refractivity contribution < 1.29 is 14.3 Å². The van der Waals surface area contributed by atoms with Crippen LogP contribution in [-0.2, 0) is 9.53 Å². The molecule has 1 saturated carbocycles. The minimum atomic E-state index is -0.852. The van der Waals surface area contributed by atoms with Crippen molar-refractivity contribution in [3.63, 3.8) is 0 Å². The van der Waals surface area contributed by atoms with Crippen LogP contribution in [0, 0.1) is 18.8 Å². The van der Waals surface area contributed by atoms with E-state index in [0.717, 1.165) is 12.8 Å². The van der Waals surface area contributed by atoms with Gasteiger partial charge in [0.05, 0.1) is 11.9 Å². The number of rotatable bonds is 4. The summed E-state index contributed by atoms with van der Waals surface area (Å²) >= 11 is 0. The number of nitrogens with one attached hydrogen (secondary N) is 1. The maximum Gasteiger partial charge on any atom is 0.359 e. The predicted octanol–water partition coefficient (Wildman–Crippen LogP) is 2.27. The summed E-state index contributed by atoms with van der Waals surface area (Å²) < 4.78 is 5.19. The summed E-state index contributed by atoms with van der Waals surface area (Å²) in [5.74, 6) is 0.128. The number of hydrogen-bond donors (Lipinski definition) is 1. The first kappa shape index (κ1) is 17.4. The van der Waals surface area contributed by atoms with Gasteiger partial charge in [0.25, 0.3) is 5.91 Å². The topological polar surface area (TPSA) is 81.2 Å². The standard InChI is InChI=1S/C17H25N3O3/c1-10-6-5-7-14(12(10)3)20-16(21)13(4)23-17(22)15-9-18-11(2)8-19-15/h8-10,12-14H,5-7H2,1-4H3,(H,20,21)/t10-,12-,13+,14+/m0/s1. The number of hydrogen-bond acceptors (Lipinski definition) is 5. The Kier molecular flexibility index (Phi) is 5.69. The van der Waals surface area contributed by atoms with Crippen LogP contribution < -0.4 is 5.32 Å². The van der Waals surface area contributed by atoms with Crippen LogP contribution in [0.15, 0.2) is 12.4 Å². The van der Waals surface area contributed by atoms with Gasteiger partial charge in [-0.05, 0) is 32.1 Å². The van der Waals surface area contributed by atoms with Crippen molar-refractivity contribution in [2.45, 2.75) is 59.1 Å². The molecule has 0 saturated heterocycles. The number of nitrogens with zero attached hydrogens (tertiary/aromatic N) is 2. The maximum absolute atomic E-state index is 12.3. The molecule has 1 aliphatic rings. The van der Waals surface area contributed by atoms with Crippen molar-refractivity contribution in [1.29, 1.82) is 0 Å². The molecule has 6 heteroatoms. The lowest BCUT2D eigenvalue weighted by Gasteiger charge is -2.35. The molecule has 1 fully saturated rings. The van der Waals surface area contributed by atoms with Gasteiger partial charge in [-0.2, -0.15) is 0 Å². The van der Waals surface area contributed by atoms with E-state index in [1.165, 1.54) is 18.8 Å². The van der Waals surface area contributed by atoms with Gasteiger partial charge < -0.3 is 10.1 Å². The molecule has 1 N–H and O–H groups in total. The fourth-order valence-corrected chi connectivity index (χ4v) is 2.86. The van der Waals surface area contributed by atoms with Crippen LogP contribution >= 0.6 is 0 Å². The summed E-state index contributed by atoms with van der Waals surface area (Å²) in [5.41, 5.74) is 0.822. The van der Waals surface area contributed by atoms with Gasteiger partial charge in [-0.3, -0.25) is 9.78 Å². The molecule has 0 bridgehead atoms. The van der Waals surface area contributed by atoms with Gasteiger partial charge in [-0.25, -0.2) is 9.78 Å². The van der Waals surface area contributed by atoms with Crippen LogP contribution in [0.5, 0.6) is 0 Å². The third-order valence-electron chi connectivity index (χ3n) is 4.68. The van der Waals surface area contributed by atoms with E-state index in [1.807, 2.05) is 0 Å². The molecule has 23 heavy (non-hydrogen) atoms. The highest BCUT2D eigenvalue weighted by molar-refractivity contribution is 5.90. The van der Waals surface area contributed by atoms with Crippen molar-refractivity contribution in [2.24, 2.45) is 11.8 Å². The zero-order valence-electron chi connectivity index (χ0n) is 14.2. The average molecular weight is 319 g/mol. The molecule has 1 heterocycles. The highest BCUT2D eigenvalue weighted by Gasteiger charge is 2.30. The minimum Gasteiger partial charge on any atom is -0.448 e. The summed E-state index contributed by atoms with van der Waals surface area (Å²) in [6, 6.07) is 0.145. The number of carbonyl (C=O) groups excluding carboxylic acids is 2. The van der Waals surface area contributed by atoms with E-state index in [0.29, 0.717) is 17.5 Å². The lowest BCUT2D eigenvalue weighted by molar-refractivity contribution is -0.130. The smallest absolute Gasteiger partial charge is 0.359 e. The molecular weight excluding hydrogens is 294 g/mol. The summed E-state index contributed by atoms with van der Waals surface area (Å²) in [4.78, 5) is 32.2. The number of carbonyl (C=O) groups is 2. The number of esters is 1. The zero-order valence-corrected chi connectivity index (χ0v) is 14.2. The molecular formula is C17H25N3O3. The Morgan fingerprint density at radius 1 is 1.26 bits per heavy atom. The second-order valence-electron chi connectivity index (χ2n) is 6.47. The number of aryl methyl sites for hydroxylation is 1. The van der Waals surface area contributed by atoms with Crippen molar-refractivity contribution >= 4 is 11.9 Å². The fraction of sp³-hybridized carbons (Fsp3) is 0.647. The highest BCUT2D eigenvalue weighted by atomic mass is 16.5. The summed E-state index contributed by atoms with van der Waals surface area (Å²) in [7, 11) is 0. The lowest BCUT2D eigenvalue weighted by atomic mass is 9.78. The molecule has 2 rings (SSSR count). The van der Waals surface area contributed by atoms with Crippen molar-refractivity contribution in [3.8, 4) is 0 Å². The van der Waals surface area contributed by atoms with Gasteiger partial charge >= 0.3 is 5.97 Å². The number of aromatic nitrogens is 2. The molecule has 0 aliphatic heterocycles. The van der Waals surface area contributed by atoms with Crippen LogP contribution in [0.3, 0.4) is 0 Å². The van der Waals surface area contributed by atoms with Crippen molar-refractivity contribution in [3.05, 3.63) is 23.8 Å². The second kappa shape index (κ2) is 7.53. The van der Waals surface area contributed by atoms with E-state index in [-0.39, 0.29) is 17.6 Å². The molecule has 1 aromatic heterocycles. The summed E-state index contributed by atoms with van der Waals surface area (Å²) in [5, 5.41) is 3.01. The van der Waals surface area contributed by atoms with E-state index in [1.54, 1.807) is 13.8 Å². The Morgan fingerprint density at radius 2 is 2.00 bits per heavy atom. The quantitative estimate of drug-likeness (QED) is 0.861. The third kappa shape index (κ3) is 4.50. The first-order valence-corrected chi connectivity index (χ1v) is 8.18. The highest BCUT2D eigenvalue weighted by Crippen LogP contribution is 2.29. The number of ether oxygens (including phenoxy) is 1. The van der Waals surface area contributed by atoms with Gasteiger partial charge in [0.15, 0.2) is 11.8 Å². The molecule has 0 aromatic carbocycles. The normalized spacial score (nSPS) is 25.5. The van der Waals surface area contributed by atoms with E-state index in [4.69, 9.17) is 4.74 Å². The van der Waals surface area contributed by atoms with Crippen LogP contribution in [0.4, 0.5) is 0 Å². The Hall–Kier alpha value is -1.98. The minimum absolute atomic E-state index is 0.106. The molecule has 4 atom stereocenters. The molecule has 6 nitrogen and oxygen atoms in total. The van der Waals surface area contributed by atoms with E-state index in [9.17, 15) is 9.59 Å². The first-order valence-electron chi connectivity index (χ1n) is 8.18. The molecule has 1 aromatic rings. The van der Waals surface area contributed by atoms with Gasteiger partial charge in [0, 0.05) is 12.2 Å². The number of amides is 1. The van der Waals surface area contributed by atoms with Crippen molar-refractivity contribution in [1.82, 2.24) is 15.3 Å². The lowest BCUT2D eigenvalue weighted by Crippen LogP contribution is -2.47. The third-order valence-corrected chi connectivity index (χ3v) is 4.68. The molecule has 126 valence electrons. The summed E-state index contributed by atoms with van der Waals surface area (Å²) in [6.45, 7) is 7.73. The monoisotopic (exact) mass is 319 g/mol. The molecule has 0 unspecified atom stereocenters.